The fourth-order valence-electron chi connectivity index (χ4n) is 6.04. The molecule has 8 rings (SSSR count). The van der Waals surface area contributed by atoms with E-state index in [4.69, 9.17) is 11.0 Å². The maximum atomic E-state index is 8.45. The Hall–Kier alpha value is -5.47. The molecule has 1 aromatic heterocycles. The van der Waals surface area contributed by atoms with Crippen LogP contribution in [0.2, 0.25) is 0 Å². The molecule has 8 aromatic rings. The van der Waals surface area contributed by atoms with E-state index in [9.17, 15) is 0 Å². The van der Waals surface area contributed by atoms with Crippen molar-refractivity contribution in [1.82, 2.24) is 9.55 Å². The standard InChI is InChI=1S/C40H28N2/c1-27-41-37-20-9-10-21-38(37)42(27)32-15-11-14-31(26-32)40-35-18-7-5-16-33(35)39(34-17-6-8-19-36(34)40)30-24-22-29(23-25-30)28-12-3-2-4-13-28/h2-26H,1H3/i1D3,2D,3D,4D,12D,13D. The number of nitrogens with zero attached hydrogens (tertiary/aromatic N) is 2. The molecule has 0 atom stereocenters. The molecule has 1 heterocycles. The van der Waals surface area contributed by atoms with E-state index in [1.807, 2.05) is 97.1 Å². The van der Waals surface area contributed by atoms with E-state index in [0.717, 1.165) is 43.8 Å². The van der Waals surface area contributed by atoms with Gasteiger partial charge in [0.1, 0.15) is 5.82 Å². The molecule has 42 heavy (non-hydrogen) atoms. The van der Waals surface area contributed by atoms with E-state index in [-0.39, 0.29) is 35.6 Å². The minimum atomic E-state index is -2.42. The average Bonchev–Trinajstić information content (AvgIpc) is 3.53. The van der Waals surface area contributed by atoms with Gasteiger partial charge in [0.25, 0.3) is 0 Å². The molecule has 0 radical (unpaired) electrons. The predicted molar refractivity (Wildman–Crippen MR) is 177 cm³/mol. The molecule has 0 aliphatic carbocycles. The highest BCUT2D eigenvalue weighted by atomic mass is 15.1. The molecule has 2 nitrogen and oxygen atoms in total. The molecule has 0 aliphatic heterocycles. The third-order valence-corrected chi connectivity index (χ3v) is 7.85. The van der Waals surface area contributed by atoms with Crippen LogP contribution >= 0.6 is 0 Å². The van der Waals surface area contributed by atoms with E-state index in [0.29, 0.717) is 22.3 Å². The van der Waals surface area contributed by atoms with Gasteiger partial charge in [-0.05, 0) is 86.0 Å². The van der Waals surface area contributed by atoms with Gasteiger partial charge in [-0.1, -0.05) is 127 Å². The first-order chi connectivity index (χ1) is 24.0. The molecule has 0 N–H and O–H groups in total. The van der Waals surface area contributed by atoms with Crippen LogP contribution in [-0.4, -0.2) is 9.55 Å². The molecule has 0 bridgehead atoms. The second kappa shape index (κ2) is 9.87. The molecule has 0 saturated carbocycles. The molecule has 0 saturated heterocycles. The van der Waals surface area contributed by atoms with Crippen molar-refractivity contribution in [3.8, 4) is 39.1 Å². The van der Waals surface area contributed by atoms with Crippen molar-refractivity contribution in [2.24, 2.45) is 0 Å². The minimum Gasteiger partial charge on any atom is -0.297 e. The first-order valence-electron chi connectivity index (χ1n) is 17.7. The molecule has 0 aliphatic rings. The minimum absolute atomic E-state index is 0.00738. The number of benzene rings is 7. The van der Waals surface area contributed by atoms with Gasteiger partial charge in [0, 0.05) is 9.80 Å². The largest absolute Gasteiger partial charge is 0.297 e. The van der Waals surface area contributed by atoms with E-state index < -0.39 is 12.9 Å². The van der Waals surface area contributed by atoms with E-state index in [1.165, 1.54) is 0 Å². The van der Waals surface area contributed by atoms with Gasteiger partial charge in [-0.25, -0.2) is 4.98 Å². The van der Waals surface area contributed by atoms with E-state index >= 15 is 0 Å². The predicted octanol–water partition coefficient (Wildman–Crippen LogP) is 10.6. The van der Waals surface area contributed by atoms with Crippen molar-refractivity contribution in [3.05, 3.63) is 157 Å². The van der Waals surface area contributed by atoms with Crippen LogP contribution in [-0.2, 0) is 0 Å². The van der Waals surface area contributed by atoms with Crippen LogP contribution in [0.5, 0.6) is 0 Å². The Kier molecular flexibility index (Phi) is 4.08. The van der Waals surface area contributed by atoms with Gasteiger partial charge < -0.3 is 0 Å². The van der Waals surface area contributed by atoms with Crippen LogP contribution in [0.15, 0.2) is 152 Å². The SMILES string of the molecule is [2H]c1c([2H])c([2H])c(-c2ccc(-c3c4ccccc4c(-c4cccc(-n5c(C([2H])([2H])[2H])nc6ccccc65)c4)c4ccccc34)cc2)c([2H])c1[2H]. The molecular formula is C40H28N2. The molecule has 198 valence electrons. The fraction of sp³-hybridized carbons (Fsp3) is 0.0250. The zero-order valence-corrected chi connectivity index (χ0v) is 22.4. The maximum absolute atomic E-state index is 8.45. The smallest absolute Gasteiger partial charge is 0.111 e. The first-order valence-corrected chi connectivity index (χ1v) is 13.7. The van der Waals surface area contributed by atoms with Gasteiger partial charge in [-0.3, -0.25) is 4.57 Å². The summed E-state index contributed by atoms with van der Waals surface area (Å²) in [7, 11) is 0. The summed E-state index contributed by atoms with van der Waals surface area (Å²) in [4.78, 5) is 4.51. The molecule has 7 aromatic carbocycles. The summed E-state index contributed by atoms with van der Waals surface area (Å²) in [5.74, 6) is 0.00738. The topological polar surface area (TPSA) is 17.8 Å². The monoisotopic (exact) mass is 544 g/mol. The quantitative estimate of drug-likeness (QED) is 0.202. The fourth-order valence-corrected chi connectivity index (χ4v) is 6.04. The Bertz CT molecular complexity index is 2550. The van der Waals surface area contributed by atoms with Crippen molar-refractivity contribution in [1.29, 1.82) is 0 Å². The summed E-state index contributed by atoms with van der Waals surface area (Å²) < 4.78 is 67.6. The zero-order chi connectivity index (χ0) is 34.9. The van der Waals surface area contributed by atoms with Crippen molar-refractivity contribution in [3.63, 3.8) is 0 Å². The Labute approximate surface area is 256 Å². The van der Waals surface area contributed by atoms with Crippen molar-refractivity contribution in [2.45, 2.75) is 6.85 Å². The lowest BCUT2D eigenvalue weighted by Gasteiger charge is -2.18. The Morgan fingerprint density at radius 3 is 1.81 bits per heavy atom. The summed E-state index contributed by atoms with van der Waals surface area (Å²) >= 11 is 0. The molecular weight excluding hydrogens is 508 g/mol. The summed E-state index contributed by atoms with van der Waals surface area (Å²) in [6.07, 6.45) is 0. The Balaban J connectivity index is 1.34. The van der Waals surface area contributed by atoms with Crippen LogP contribution in [0.25, 0.3) is 71.6 Å². The second-order valence-corrected chi connectivity index (χ2v) is 10.2. The van der Waals surface area contributed by atoms with Crippen molar-refractivity contribution in [2.75, 3.05) is 0 Å². The van der Waals surface area contributed by atoms with E-state index in [1.54, 1.807) is 4.57 Å². The molecule has 0 fully saturated rings. The summed E-state index contributed by atoms with van der Waals surface area (Å²) in [6.45, 7) is -2.42. The van der Waals surface area contributed by atoms with Gasteiger partial charge in [-0.2, -0.15) is 0 Å². The number of rotatable bonds is 4. The van der Waals surface area contributed by atoms with Crippen LogP contribution in [0.3, 0.4) is 0 Å². The highest BCUT2D eigenvalue weighted by Gasteiger charge is 2.17. The lowest BCUT2D eigenvalue weighted by atomic mass is 9.85. The van der Waals surface area contributed by atoms with Gasteiger partial charge in [-0.15, -0.1) is 0 Å². The van der Waals surface area contributed by atoms with Crippen molar-refractivity contribution >= 4 is 32.6 Å². The first kappa shape index (κ1) is 17.4. The summed E-state index contributed by atoms with van der Waals surface area (Å²) in [5.41, 5.74) is 6.59. The molecule has 0 unspecified atom stereocenters. The summed E-state index contributed by atoms with van der Waals surface area (Å²) in [5, 5.41) is 4.05. The van der Waals surface area contributed by atoms with Gasteiger partial charge in [0.05, 0.1) is 17.9 Å². The van der Waals surface area contributed by atoms with Gasteiger partial charge >= 0.3 is 0 Å². The van der Waals surface area contributed by atoms with Crippen LogP contribution in [0, 0.1) is 6.85 Å². The lowest BCUT2D eigenvalue weighted by Crippen LogP contribution is -1.97. The average molecular weight is 545 g/mol. The molecule has 0 spiro atoms. The van der Waals surface area contributed by atoms with Crippen LogP contribution in [0.1, 0.15) is 16.8 Å². The highest BCUT2D eigenvalue weighted by molar-refractivity contribution is 6.21. The number of fused-ring (bicyclic) bond motifs is 3. The lowest BCUT2D eigenvalue weighted by molar-refractivity contribution is 1.00. The van der Waals surface area contributed by atoms with Crippen molar-refractivity contribution < 1.29 is 11.0 Å². The van der Waals surface area contributed by atoms with Crippen LogP contribution < -0.4 is 0 Å². The van der Waals surface area contributed by atoms with E-state index in [2.05, 4.69) is 29.2 Å². The third kappa shape index (κ3) is 3.92. The number of hydrogen-bond donors (Lipinski definition) is 0. The Morgan fingerprint density at radius 2 is 1.14 bits per heavy atom. The normalized spacial score (nSPS) is 14.5. The zero-order valence-electron chi connectivity index (χ0n) is 30.4. The molecule has 2 heteroatoms. The molecule has 0 amide bonds. The number of aromatic nitrogens is 2. The maximum Gasteiger partial charge on any atom is 0.111 e. The number of aryl methyl sites for hydroxylation is 1. The van der Waals surface area contributed by atoms with Crippen LogP contribution in [0.4, 0.5) is 0 Å². The second-order valence-electron chi connectivity index (χ2n) is 10.2. The summed E-state index contributed by atoms with van der Waals surface area (Å²) in [6, 6.07) is 37.6. The van der Waals surface area contributed by atoms with Gasteiger partial charge in [0.2, 0.25) is 0 Å². The van der Waals surface area contributed by atoms with Gasteiger partial charge in [0.15, 0.2) is 0 Å². The highest BCUT2D eigenvalue weighted by Crippen LogP contribution is 2.44. The third-order valence-electron chi connectivity index (χ3n) is 7.85. The Morgan fingerprint density at radius 1 is 0.548 bits per heavy atom. The number of hydrogen-bond acceptors (Lipinski definition) is 1. The number of para-hydroxylation sites is 2. The number of imidazole rings is 1.